The summed E-state index contributed by atoms with van der Waals surface area (Å²) in [6, 6.07) is 6.10. The zero-order valence-corrected chi connectivity index (χ0v) is 15.9. The van der Waals surface area contributed by atoms with Gasteiger partial charge in [-0.2, -0.15) is 13.2 Å². The molecule has 1 aliphatic heterocycles. The summed E-state index contributed by atoms with van der Waals surface area (Å²) < 4.78 is 86.4. The van der Waals surface area contributed by atoms with Crippen LogP contribution in [0.3, 0.4) is 0 Å². The first-order chi connectivity index (χ1) is 12.4. The van der Waals surface area contributed by atoms with Crippen molar-refractivity contribution >= 4 is 31.3 Å². The molecule has 0 saturated heterocycles. The lowest BCUT2D eigenvalue weighted by Crippen LogP contribution is -2.28. The van der Waals surface area contributed by atoms with Crippen LogP contribution in [0.25, 0.3) is 11.4 Å². The number of aryl methyl sites for hydroxylation is 1. The highest BCUT2D eigenvalue weighted by Crippen LogP contribution is 2.33. The summed E-state index contributed by atoms with van der Waals surface area (Å²) in [7, 11) is -9.60. The first-order valence-corrected chi connectivity index (χ1v) is 11.3. The molecule has 0 spiro atoms. The largest absolute Gasteiger partial charge is 0.497 e. The van der Waals surface area contributed by atoms with Gasteiger partial charge in [0.2, 0.25) is 0 Å². The third kappa shape index (κ3) is 3.94. The van der Waals surface area contributed by atoms with Crippen LogP contribution in [0.15, 0.2) is 29.2 Å². The van der Waals surface area contributed by atoms with Gasteiger partial charge in [-0.15, -0.1) is 0 Å². The molecule has 0 saturated carbocycles. The van der Waals surface area contributed by atoms with Crippen molar-refractivity contribution in [3.05, 3.63) is 40.7 Å². The van der Waals surface area contributed by atoms with E-state index in [1.165, 1.54) is 12.1 Å². The molecule has 27 heavy (non-hydrogen) atoms. The average Bonchev–Trinajstić information content (AvgIpc) is 2.52. The molecule has 0 amide bonds. The van der Waals surface area contributed by atoms with Gasteiger partial charge in [-0.25, -0.2) is 26.8 Å². The number of alkyl halides is 3. The summed E-state index contributed by atoms with van der Waals surface area (Å²) in [6.45, 7) is 0. The molecule has 0 aliphatic carbocycles. The van der Waals surface area contributed by atoms with Crippen LogP contribution >= 0.6 is 11.6 Å². The number of benzene rings is 1. The van der Waals surface area contributed by atoms with E-state index in [9.17, 15) is 30.0 Å². The molecule has 2 aromatic rings. The van der Waals surface area contributed by atoms with E-state index in [1.54, 1.807) is 12.1 Å². The van der Waals surface area contributed by atoms with Gasteiger partial charge in [-0.1, -0.05) is 23.7 Å². The lowest BCUT2D eigenvalue weighted by atomic mass is 10.1. The number of sulfone groups is 2. The Labute approximate surface area is 158 Å². The van der Waals surface area contributed by atoms with Crippen molar-refractivity contribution in [3.8, 4) is 11.4 Å². The van der Waals surface area contributed by atoms with Gasteiger partial charge in [0.1, 0.15) is 10.6 Å². The number of hydrogen-bond donors (Lipinski definition) is 0. The zero-order valence-electron chi connectivity index (χ0n) is 13.5. The van der Waals surface area contributed by atoms with E-state index < -0.39 is 41.5 Å². The van der Waals surface area contributed by atoms with Crippen LogP contribution in [0.5, 0.6) is 0 Å². The highest BCUT2D eigenvalue weighted by molar-refractivity contribution is 7.92. The number of fused-ring (bicyclic) bond motifs is 1. The quantitative estimate of drug-likeness (QED) is 0.728. The summed E-state index contributed by atoms with van der Waals surface area (Å²) in [5.74, 6) is -1.96. The van der Waals surface area contributed by atoms with Gasteiger partial charge < -0.3 is 0 Å². The van der Waals surface area contributed by atoms with Gasteiger partial charge in [0.05, 0.1) is 17.1 Å². The van der Waals surface area contributed by atoms with Crippen molar-refractivity contribution < 1.29 is 30.0 Å². The zero-order chi connectivity index (χ0) is 20.0. The van der Waals surface area contributed by atoms with Crippen LogP contribution in [-0.4, -0.2) is 38.1 Å². The second-order valence-electron chi connectivity index (χ2n) is 5.91. The summed E-state index contributed by atoms with van der Waals surface area (Å²) in [6.07, 6.45) is 0.413. The van der Waals surface area contributed by atoms with Crippen LogP contribution in [0.4, 0.5) is 13.2 Å². The van der Waals surface area contributed by atoms with Crippen molar-refractivity contribution in [2.24, 2.45) is 0 Å². The molecule has 1 aliphatic rings. The number of hydrogen-bond acceptors (Lipinski definition) is 6. The molecule has 12 heteroatoms. The highest BCUT2D eigenvalue weighted by atomic mass is 35.5. The van der Waals surface area contributed by atoms with Crippen LogP contribution in [-0.2, 0) is 31.8 Å². The summed E-state index contributed by atoms with van der Waals surface area (Å²) in [5, 5.41) is 0.311. The fraction of sp³-hybridized carbons (Fsp3) is 0.333. The maximum atomic E-state index is 12.8. The minimum atomic E-state index is -5.62. The predicted octanol–water partition coefficient (Wildman–Crippen LogP) is 2.95. The topological polar surface area (TPSA) is 94.1 Å². The van der Waals surface area contributed by atoms with E-state index in [-0.39, 0.29) is 30.1 Å². The van der Waals surface area contributed by atoms with Crippen LogP contribution in [0.1, 0.15) is 17.8 Å². The van der Waals surface area contributed by atoms with E-state index >= 15 is 0 Å². The third-order valence-corrected chi connectivity index (χ3v) is 7.42. The van der Waals surface area contributed by atoms with Gasteiger partial charge in [0, 0.05) is 10.6 Å². The van der Waals surface area contributed by atoms with Crippen LogP contribution < -0.4 is 0 Å². The van der Waals surface area contributed by atoms with Crippen molar-refractivity contribution in [1.29, 1.82) is 0 Å². The minimum Gasteiger partial charge on any atom is -0.232 e. The second-order valence-corrected chi connectivity index (χ2v) is 10.4. The normalized spacial score (nSPS) is 16.7. The molecule has 1 aromatic heterocycles. The Morgan fingerprint density at radius 3 is 2.52 bits per heavy atom. The number of rotatable bonds is 3. The lowest BCUT2D eigenvalue weighted by molar-refractivity contribution is -0.0438. The summed E-state index contributed by atoms with van der Waals surface area (Å²) in [4.78, 5) is 7.49. The lowest BCUT2D eigenvalue weighted by Gasteiger charge is -2.20. The fourth-order valence-electron chi connectivity index (χ4n) is 2.73. The monoisotopic (exact) mass is 440 g/mol. The minimum absolute atomic E-state index is 0.0126. The second kappa shape index (κ2) is 6.71. The highest BCUT2D eigenvalue weighted by Gasteiger charge is 2.47. The van der Waals surface area contributed by atoms with E-state index in [2.05, 4.69) is 9.97 Å². The maximum absolute atomic E-state index is 12.8. The fourth-order valence-corrected chi connectivity index (χ4v) is 5.45. The van der Waals surface area contributed by atoms with Gasteiger partial charge in [-0.05, 0) is 25.0 Å². The number of aromatic nitrogens is 2. The molecule has 3 rings (SSSR count). The molecule has 2 heterocycles. The summed E-state index contributed by atoms with van der Waals surface area (Å²) >= 11 is 5.89. The van der Waals surface area contributed by atoms with Gasteiger partial charge in [-0.3, -0.25) is 0 Å². The Balaban J connectivity index is 2.25. The molecule has 0 bridgehead atoms. The first-order valence-electron chi connectivity index (χ1n) is 7.58. The van der Waals surface area contributed by atoms with Crippen molar-refractivity contribution in [1.82, 2.24) is 9.97 Å². The Bertz CT molecular complexity index is 1120. The molecule has 6 nitrogen and oxygen atoms in total. The molecule has 0 fully saturated rings. The molecule has 0 radical (unpaired) electrons. The molecule has 0 unspecified atom stereocenters. The van der Waals surface area contributed by atoms with Gasteiger partial charge in [0.15, 0.2) is 15.7 Å². The Morgan fingerprint density at radius 1 is 1.19 bits per heavy atom. The average molecular weight is 441 g/mol. The molecule has 0 N–H and O–H groups in total. The van der Waals surface area contributed by atoms with Crippen molar-refractivity contribution in [3.63, 3.8) is 0 Å². The molecule has 0 atom stereocenters. The smallest absolute Gasteiger partial charge is 0.232 e. The molecule has 146 valence electrons. The van der Waals surface area contributed by atoms with Gasteiger partial charge >= 0.3 is 5.51 Å². The molecular formula is C15H12ClF3N2O4S2. The van der Waals surface area contributed by atoms with Crippen LogP contribution in [0.2, 0.25) is 5.02 Å². The maximum Gasteiger partial charge on any atom is 0.497 e. The van der Waals surface area contributed by atoms with Crippen molar-refractivity contribution in [2.75, 3.05) is 5.75 Å². The molecular weight excluding hydrogens is 429 g/mol. The Morgan fingerprint density at radius 2 is 1.89 bits per heavy atom. The third-order valence-electron chi connectivity index (χ3n) is 3.91. The Kier molecular flexibility index (Phi) is 4.98. The van der Waals surface area contributed by atoms with E-state index in [1.807, 2.05) is 0 Å². The number of halogens is 4. The molecule has 1 aromatic carbocycles. The SMILES string of the molecule is O=S1(=O)CCCc2nc(-c3cccc(Cl)c3)nc(CS(=O)(=O)C(F)(F)F)c21. The van der Waals surface area contributed by atoms with Crippen molar-refractivity contribution in [2.45, 2.75) is 29.0 Å². The van der Waals surface area contributed by atoms with Gasteiger partial charge in [0.25, 0.3) is 9.84 Å². The Hall–Kier alpha value is -1.72. The number of nitrogens with zero attached hydrogens (tertiary/aromatic N) is 2. The predicted molar refractivity (Wildman–Crippen MR) is 91.5 cm³/mol. The van der Waals surface area contributed by atoms with E-state index in [0.29, 0.717) is 10.6 Å². The van der Waals surface area contributed by atoms with E-state index in [4.69, 9.17) is 11.6 Å². The summed E-state index contributed by atoms with van der Waals surface area (Å²) in [5.41, 5.74) is -5.86. The first kappa shape index (κ1) is 20.0. The van der Waals surface area contributed by atoms with E-state index in [0.717, 1.165) is 0 Å². The standard InChI is InChI=1S/C15H12ClF3N2O4S2/c16-10-4-1-3-9(7-10)14-20-11-5-2-6-26(22,23)13(11)12(21-14)8-27(24,25)15(17,18)19/h1,3-4,7H,2,5-6,8H2. The van der Waals surface area contributed by atoms with Crippen LogP contribution in [0, 0.1) is 0 Å².